The summed E-state index contributed by atoms with van der Waals surface area (Å²) in [4.78, 5) is 26.1. The van der Waals surface area contributed by atoms with Crippen molar-refractivity contribution in [3.8, 4) is 5.75 Å². The first kappa shape index (κ1) is 16.0. The summed E-state index contributed by atoms with van der Waals surface area (Å²) < 4.78 is 15.4. The van der Waals surface area contributed by atoms with Gasteiger partial charge in [-0.25, -0.2) is 4.39 Å². The number of hydrogen-bond acceptors (Lipinski definition) is 3. The number of rotatable bonds is 4. The summed E-state index contributed by atoms with van der Waals surface area (Å²) in [6, 6.07) is 6.26. The standard InChI is InChI=1S/C17H18FN3O3/c1-2-19-16(23)12-10-20-7-8-21(17(24)14(20)15(12)22)9-11-5-3-4-6-13(11)18/h3-6,10,22H,2,7-9H2,1H3,(H,19,23). The van der Waals surface area contributed by atoms with Crippen LogP contribution in [0.1, 0.15) is 33.3 Å². The summed E-state index contributed by atoms with van der Waals surface area (Å²) in [6.45, 7) is 3.12. The van der Waals surface area contributed by atoms with Crippen molar-refractivity contribution in [2.45, 2.75) is 20.0 Å². The highest BCUT2D eigenvalue weighted by Crippen LogP contribution is 2.29. The van der Waals surface area contributed by atoms with Crippen molar-refractivity contribution >= 4 is 11.8 Å². The fraction of sp³-hybridized carbons (Fsp3) is 0.294. The summed E-state index contributed by atoms with van der Waals surface area (Å²) in [5.74, 6) is -1.55. The van der Waals surface area contributed by atoms with Gasteiger partial charge in [0, 0.05) is 37.9 Å². The van der Waals surface area contributed by atoms with Crippen molar-refractivity contribution in [2.24, 2.45) is 0 Å². The molecule has 0 aliphatic carbocycles. The van der Waals surface area contributed by atoms with Crippen molar-refractivity contribution in [3.05, 3.63) is 53.1 Å². The molecular formula is C17H18FN3O3. The first-order valence-electron chi connectivity index (χ1n) is 7.76. The number of carbonyl (C=O) groups excluding carboxylic acids is 2. The molecule has 2 amide bonds. The van der Waals surface area contributed by atoms with Gasteiger partial charge in [-0.05, 0) is 13.0 Å². The maximum Gasteiger partial charge on any atom is 0.274 e. The van der Waals surface area contributed by atoms with E-state index in [-0.39, 0.29) is 29.4 Å². The molecule has 0 unspecified atom stereocenters. The van der Waals surface area contributed by atoms with Crippen LogP contribution in [0.25, 0.3) is 0 Å². The topological polar surface area (TPSA) is 74.6 Å². The van der Waals surface area contributed by atoms with Gasteiger partial charge >= 0.3 is 0 Å². The average molecular weight is 331 g/mol. The van der Waals surface area contributed by atoms with Gasteiger partial charge in [-0.15, -0.1) is 0 Å². The van der Waals surface area contributed by atoms with E-state index in [9.17, 15) is 19.1 Å². The number of hydrogen-bond donors (Lipinski definition) is 2. The molecule has 126 valence electrons. The largest absolute Gasteiger partial charge is 0.505 e. The number of nitrogens with one attached hydrogen (secondary N) is 1. The van der Waals surface area contributed by atoms with Crippen LogP contribution in [-0.2, 0) is 13.1 Å². The second kappa shape index (κ2) is 6.35. The molecule has 0 radical (unpaired) electrons. The molecule has 2 heterocycles. The van der Waals surface area contributed by atoms with Crippen molar-refractivity contribution in [1.82, 2.24) is 14.8 Å². The lowest BCUT2D eigenvalue weighted by Gasteiger charge is -2.28. The molecule has 3 rings (SSSR count). The fourth-order valence-corrected chi connectivity index (χ4v) is 2.83. The van der Waals surface area contributed by atoms with Crippen LogP contribution < -0.4 is 5.32 Å². The van der Waals surface area contributed by atoms with Gasteiger partial charge in [-0.1, -0.05) is 18.2 Å². The number of amides is 2. The zero-order chi connectivity index (χ0) is 17.3. The second-order valence-corrected chi connectivity index (χ2v) is 5.61. The monoisotopic (exact) mass is 331 g/mol. The van der Waals surface area contributed by atoms with E-state index in [0.29, 0.717) is 25.2 Å². The predicted octanol–water partition coefficient (Wildman–Crippen LogP) is 1.74. The Hall–Kier alpha value is -2.83. The lowest BCUT2D eigenvalue weighted by Crippen LogP contribution is -2.39. The minimum atomic E-state index is -0.426. The maximum absolute atomic E-state index is 13.8. The molecule has 1 aliphatic heterocycles. The number of aromatic hydroxyl groups is 1. The van der Waals surface area contributed by atoms with E-state index < -0.39 is 11.8 Å². The summed E-state index contributed by atoms with van der Waals surface area (Å²) in [6.07, 6.45) is 1.48. The van der Waals surface area contributed by atoms with Crippen LogP contribution >= 0.6 is 0 Å². The lowest BCUT2D eigenvalue weighted by molar-refractivity contribution is 0.0685. The molecule has 2 aromatic rings. The molecule has 0 spiro atoms. The maximum atomic E-state index is 13.8. The molecule has 0 atom stereocenters. The smallest absolute Gasteiger partial charge is 0.274 e. The molecule has 1 aliphatic rings. The van der Waals surface area contributed by atoms with E-state index in [1.165, 1.54) is 17.2 Å². The van der Waals surface area contributed by atoms with Gasteiger partial charge in [0.15, 0.2) is 11.4 Å². The van der Waals surface area contributed by atoms with Gasteiger partial charge in [-0.3, -0.25) is 9.59 Å². The Morgan fingerprint density at radius 3 is 2.79 bits per heavy atom. The number of aromatic nitrogens is 1. The molecule has 6 nitrogen and oxygen atoms in total. The average Bonchev–Trinajstić information content (AvgIpc) is 2.90. The van der Waals surface area contributed by atoms with E-state index in [2.05, 4.69) is 5.32 Å². The highest BCUT2D eigenvalue weighted by molar-refractivity contribution is 6.04. The van der Waals surface area contributed by atoms with Crippen LogP contribution in [0, 0.1) is 5.82 Å². The third kappa shape index (κ3) is 2.73. The van der Waals surface area contributed by atoms with E-state index in [1.54, 1.807) is 29.7 Å². The van der Waals surface area contributed by atoms with Gasteiger partial charge in [0.05, 0.1) is 5.56 Å². The van der Waals surface area contributed by atoms with E-state index in [4.69, 9.17) is 0 Å². The molecule has 24 heavy (non-hydrogen) atoms. The van der Waals surface area contributed by atoms with Gasteiger partial charge in [0.2, 0.25) is 0 Å². The quantitative estimate of drug-likeness (QED) is 0.896. The Kier molecular flexibility index (Phi) is 4.24. The number of halogens is 1. The zero-order valence-corrected chi connectivity index (χ0v) is 13.3. The summed E-state index contributed by atoms with van der Waals surface area (Å²) in [7, 11) is 0. The SMILES string of the molecule is CCNC(=O)c1cn2c(c1O)C(=O)N(Cc1ccccc1F)CC2. The van der Waals surface area contributed by atoms with Crippen molar-refractivity contribution < 1.29 is 19.1 Å². The van der Waals surface area contributed by atoms with Crippen LogP contribution in [-0.4, -0.2) is 39.5 Å². The molecule has 0 fully saturated rings. The van der Waals surface area contributed by atoms with Gasteiger partial charge < -0.3 is 19.9 Å². The van der Waals surface area contributed by atoms with E-state index in [1.807, 2.05) is 0 Å². The predicted molar refractivity (Wildman–Crippen MR) is 85.2 cm³/mol. The second-order valence-electron chi connectivity index (χ2n) is 5.61. The Morgan fingerprint density at radius 2 is 2.08 bits per heavy atom. The summed E-state index contributed by atoms with van der Waals surface area (Å²) in [5, 5.41) is 12.9. The van der Waals surface area contributed by atoms with E-state index in [0.717, 1.165) is 0 Å². The third-order valence-electron chi connectivity index (χ3n) is 4.05. The van der Waals surface area contributed by atoms with Crippen LogP contribution in [0.4, 0.5) is 4.39 Å². The minimum absolute atomic E-state index is 0.0684. The van der Waals surface area contributed by atoms with Crippen LogP contribution in [0.2, 0.25) is 0 Å². The first-order chi connectivity index (χ1) is 11.5. The number of carbonyl (C=O) groups is 2. The third-order valence-corrected chi connectivity index (χ3v) is 4.05. The number of benzene rings is 1. The number of fused-ring (bicyclic) bond motifs is 1. The van der Waals surface area contributed by atoms with Crippen molar-refractivity contribution in [2.75, 3.05) is 13.1 Å². The van der Waals surface area contributed by atoms with Gasteiger partial charge in [0.1, 0.15) is 5.82 Å². The zero-order valence-electron chi connectivity index (χ0n) is 13.3. The van der Waals surface area contributed by atoms with Crippen LogP contribution in [0.15, 0.2) is 30.5 Å². The normalized spacial score (nSPS) is 13.8. The molecule has 0 saturated carbocycles. The molecule has 1 aromatic heterocycles. The van der Waals surface area contributed by atoms with Crippen molar-refractivity contribution in [1.29, 1.82) is 0 Å². The van der Waals surface area contributed by atoms with Crippen LogP contribution in [0.3, 0.4) is 0 Å². The molecule has 7 heteroatoms. The minimum Gasteiger partial charge on any atom is -0.505 e. The van der Waals surface area contributed by atoms with Gasteiger partial charge in [0.25, 0.3) is 11.8 Å². The Labute approximate surface area is 138 Å². The molecular weight excluding hydrogens is 313 g/mol. The molecule has 1 aromatic carbocycles. The Bertz CT molecular complexity index is 800. The fourth-order valence-electron chi connectivity index (χ4n) is 2.83. The first-order valence-corrected chi connectivity index (χ1v) is 7.76. The molecule has 2 N–H and O–H groups in total. The Morgan fingerprint density at radius 1 is 1.33 bits per heavy atom. The van der Waals surface area contributed by atoms with E-state index >= 15 is 0 Å². The summed E-state index contributed by atoms with van der Waals surface area (Å²) in [5.41, 5.74) is 0.557. The van der Waals surface area contributed by atoms with Gasteiger partial charge in [-0.2, -0.15) is 0 Å². The highest BCUT2D eigenvalue weighted by Gasteiger charge is 2.32. The summed E-state index contributed by atoms with van der Waals surface area (Å²) >= 11 is 0. The number of nitrogens with zero attached hydrogens (tertiary/aromatic N) is 2. The Balaban J connectivity index is 1.88. The van der Waals surface area contributed by atoms with Crippen LogP contribution in [0.5, 0.6) is 5.75 Å². The molecule has 0 bridgehead atoms. The lowest BCUT2D eigenvalue weighted by atomic mass is 10.1. The highest BCUT2D eigenvalue weighted by atomic mass is 19.1. The molecule has 0 saturated heterocycles. The van der Waals surface area contributed by atoms with Crippen molar-refractivity contribution in [3.63, 3.8) is 0 Å².